The fraction of sp³-hybridized carbons (Fsp3) is 0.462. The van der Waals surface area contributed by atoms with Gasteiger partial charge >= 0.3 is 0 Å². The van der Waals surface area contributed by atoms with Crippen molar-refractivity contribution in [2.45, 2.75) is 20.3 Å². The van der Waals surface area contributed by atoms with E-state index in [9.17, 15) is 4.79 Å². The Morgan fingerprint density at radius 1 is 1.47 bits per heavy atom. The van der Waals surface area contributed by atoms with Gasteiger partial charge in [0.05, 0.1) is 11.1 Å². The Labute approximate surface area is 101 Å². The van der Waals surface area contributed by atoms with Crippen LogP contribution in [0.25, 0.3) is 0 Å². The molecule has 3 N–H and O–H groups in total. The zero-order valence-electron chi connectivity index (χ0n) is 10.2. The fourth-order valence-corrected chi connectivity index (χ4v) is 1.74. The molecule has 0 saturated heterocycles. The van der Waals surface area contributed by atoms with Crippen molar-refractivity contribution in [3.8, 4) is 5.75 Å². The molecule has 1 amide bonds. The maximum absolute atomic E-state index is 12.0. The molecule has 0 bridgehead atoms. The maximum Gasteiger partial charge on any atom is 0.233 e. The maximum atomic E-state index is 12.0. The Balaban J connectivity index is 2.31. The lowest BCUT2D eigenvalue weighted by molar-refractivity contribution is -0.124. The number of nitrogens with two attached hydrogens (primary N) is 1. The zero-order chi connectivity index (χ0) is 12.5. The number of rotatable bonds is 2. The van der Waals surface area contributed by atoms with Crippen LogP contribution in [0.4, 0.5) is 5.69 Å². The van der Waals surface area contributed by atoms with E-state index in [1.54, 1.807) is 0 Å². The van der Waals surface area contributed by atoms with Crippen LogP contribution in [0.2, 0.25) is 0 Å². The number of carbonyl (C=O) groups is 1. The minimum atomic E-state index is -0.507. The number of ether oxygens (including phenoxy) is 1. The van der Waals surface area contributed by atoms with E-state index >= 15 is 0 Å². The van der Waals surface area contributed by atoms with Gasteiger partial charge in [-0.15, -0.1) is 0 Å². The van der Waals surface area contributed by atoms with Gasteiger partial charge in [-0.05, 0) is 44.5 Å². The van der Waals surface area contributed by atoms with Crippen LogP contribution in [0.5, 0.6) is 5.75 Å². The lowest BCUT2D eigenvalue weighted by Gasteiger charge is -2.18. The minimum absolute atomic E-state index is 0.0128. The van der Waals surface area contributed by atoms with Crippen LogP contribution in [-0.4, -0.2) is 19.1 Å². The van der Waals surface area contributed by atoms with E-state index in [-0.39, 0.29) is 5.91 Å². The van der Waals surface area contributed by atoms with Gasteiger partial charge in [-0.25, -0.2) is 0 Å². The summed E-state index contributed by atoms with van der Waals surface area (Å²) < 4.78 is 5.65. The van der Waals surface area contributed by atoms with Gasteiger partial charge in [0.1, 0.15) is 12.4 Å². The molecular formula is C13H18N2O2. The third-order valence-electron chi connectivity index (χ3n) is 2.93. The summed E-state index contributed by atoms with van der Waals surface area (Å²) in [7, 11) is 0. The van der Waals surface area contributed by atoms with Crippen molar-refractivity contribution >= 4 is 11.6 Å². The van der Waals surface area contributed by atoms with Crippen LogP contribution < -0.4 is 15.8 Å². The number of nitrogens with one attached hydrogen (secondary N) is 1. The fourth-order valence-electron chi connectivity index (χ4n) is 1.74. The third kappa shape index (κ3) is 2.42. The molecule has 1 aliphatic rings. The highest BCUT2D eigenvalue weighted by atomic mass is 16.5. The second-order valence-electron chi connectivity index (χ2n) is 5.00. The molecule has 4 heteroatoms. The van der Waals surface area contributed by atoms with Crippen molar-refractivity contribution in [3.05, 3.63) is 23.8 Å². The lowest BCUT2D eigenvalue weighted by Crippen LogP contribution is -2.33. The Bertz CT molecular complexity index is 441. The van der Waals surface area contributed by atoms with Crippen LogP contribution in [-0.2, 0) is 11.2 Å². The molecule has 0 spiro atoms. The molecule has 1 aromatic rings. The molecule has 92 valence electrons. The van der Waals surface area contributed by atoms with Gasteiger partial charge in [-0.1, -0.05) is 6.07 Å². The minimum Gasteiger partial charge on any atom is -0.490 e. The van der Waals surface area contributed by atoms with Crippen molar-refractivity contribution in [1.29, 1.82) is 0 Å². The molecule has 0 aromatic heterocycles. The molecular weight excluding hydrogens is 216 g/mol. The second kappa shape index (κ2) is 4.37. The van der Waals surface area contributed by atoms with Gasteiger partial charge in [-0.2, -0.15) is 0 Å². The molecule has 1 aliphatic heterocycles. The van der Waals surface area contributed by atoms with E-state index in [2.05, 4.69) is 5.32 Å². The van der Waals surface area contributed by atoms with E-state index in [4.69, 9.17) is 10.5 Å². The predicted octanol–water partition coefficient (Wildman–Crippen LogP) is 1.54. The summed E-state index contributed by atoms with van der Waals surface area (Å²) in [6, 6.07) is 5.81. The average molecular weight is 234 g/mol. The summed E-state index contributed by atoms with van der Waals surface area (Å²) in [5.74, 6) is 0.714. The van der Waals surface area contributed by atoms with Gasteiger partial charge < -0.3 is 15.8 Å². The van der Waals surface area contributed by atoms with Crippen LogP contribution >= 0.6 is 0 Å². The molecule has 0 fully saturated rings. The van der Waals surface area contributed by atoms with E-state index < -0.39 is 5.41 Å². The summed E-state index contributed by atoms with van der Waals surface area (Å²) >= 11 is 0. The largest absolute Gasteiger partial charge is 0.490 e. The predicted molar refractivity (Wildman–Crippen MR) is 67.1 cm³/mol. The highest BCUT2D eigenvalue weighted by Gasteiger charge is 2.32. The molecule has 2 rings (SSSR count). The van der Waals surface area contributed by atoms with Gasteiger partial charge in [0.25, 0.3) is 0 Å². The quantitative estimate of drug-likeness (QED) is 0.816. The number of carbonyl (C=O) groups excluding carboxylic acids is 1. The van der Waals surface area contributed by atoms with Gasteiger partial charge in [0.2, 0.25) is 5.91 Å². The standard InChI is InChI=1S/C13H18N2O2/c1-13(2)8-17-11-4-3-9(5-6-14)7-10(11)15-12(13)16/h3-4,7H,5-6,8,14H2,1-2H3,(H,15,16). The van der Waals surface area contributed by atoms with Gasteiger partial charge in [-0.3, -0.25) is 4.79 Å². The van der Waals surface area contributed by atoms with E-state index in [1.807, 2.05) is 32.0 Å². The normalized spacial score (nSPS) is 17.7. The highest BCUT2D eigenvalue weighted by molar-refractivity contribution is 5.97. The summed E-state index contributed by atoms with van der Waals surface area (Å²) in [5, 5.41) is 2.91. The number of benzene rings is 1. The third-order valence-corrected chi connectivity index (χ3v) is 2.93. The Kier molecular flexibility index (Phi) is 3.07. The first kappa shape index (κ1) is 11.9. The molecule has 4 nitrogen and oxygen atoms in total. The molecule has 0 aliphatic carbocycles. The Morgan fingerprint density at radius 2 is 2.24 bits per heavy atom. The average Bonchev–Trinajstić information content (AvgIpc) is 2.38. The van der Waals surface area contributed by atoms with Crippen molar-refractivity contribution in [2.75, 3.05) is 18.5 Å². The molecule has 1 heterocycles. The monoisotopic (exact) mass is 234 g/mol. The molecule has 17 heavy (non-hydrogen) atoms. The van der Waals surface area contributed by atoms with Crippen molar-refractivity contribution in [2.24, 2.45) is 11.1 Å². The molecule has 0 radical (unpaired) electrons. The van der Waals surface area contributed by atoms with Crippen LogP contribution in [0.3, 0.4) is 0 Å². The first-order valence-corrected chi connectivity index (χ1v) is 5.80. The van der Waals surface area contributed by atoms with Gasteiger partial charge in [0, 0.05) is 0 Å². The van der Waals surface area contributed by atoms with E-state index in [0.29, 0.717) is 13.2 Å². The number of hydrogen-bond donors (Lipinski definition) is 2. The molecule has 0 atom stereocenters. The van der Waals surface area contributed by atoms with Crippen molar-refractivity contribution in [1.82, 2.24) is 0 Å². The summed E-state index contributed by atoms with van der Waals surface area (Å²) in [5.41, 5.74) is 6.86. The Morgan fingerprint density at radius 3 is 2.94 bits per heavy atom. The molecule has 1 aromatic carbocycles. The lowest BCUT2D eigenvalue weighted by atomic mass is 9.94. The van der Waals surface area contributed by atoms with E-state index in [0.717, 1.165) is 23.4 Å². The molecule has 0 unspecified atom stereocenters. The van der Waals surface area contributed by atoms with E-state index in [1.165, 1.54) is 0 Å². The van der Waals surface area contributed by atoms with Gasteiger partial charge in [0.15, 0.2) is 0 Å². The summed E-state index contributed by atoms with van der Waals surface area (Å²) in [6.07, 6.45) is 0.798. The molecule has 0 saturated carbocycles. The first-order valence-electron chi connectivity index (χ1n) is 5.80. The van der Waals surface area contributed by atoms with Crippen LogP contribution in [0.1, 0.15) is 19.4 Å². The second-order valence-corrected chi connectivity index (χ2v) is 5.00. The number of amides is 1. The topological polar surface area (TPSA) is 64.3 Å². The number of anilines is 1. The SMILES string of the molecule is CC1(C)COc2ccc(CCN)cc2NC1=O. The summed E-state index contributed by atoms with van der Waals surface area (Å²) in [4.78, 5) is 12.0. The smallest absolute Gasteiger partial charge is 0.233 e. The number of hydrogen-bond acceptors (Lipinski definition) is 3. The first-order chi connectivity index (χ1) is 8.03. The highest BCUT2D eigenvalue weighted by Crippen LogP contribution is 2.32. The van der Waals surface area contributed by atoms with Crippen molar-refractivity contribution in [3.63, 3.8) is 0 Å². The Hall–Kier alpha value is -1.55. The number of fused-ring (bicyclic) bond motifs is 1. The summed E-state index contributed by atoms with van der Waals surface area (Å²) in [6.45, 7) is 4.73. The zero-order valence-corrected chi connectivity index (χ0v) is 10.2. The van der Waals surface area contributed by atoms with Crippen LogP contribution in [0.15, 0.2) is 18.2 Å². The van der Waals surface area contributed by atoms with Crippen LogP contribution in [0, 0.1) is 5.41 Å². The van der Waals surface area contributed by atoms with Crippen molar-refractivity contribution < 1.29 is 9.53 Å².